The fraction of sp³-hybridized carbons (Fsp3) is 0.0312. The summed E-state index contributed by atoms with van der Waals surface area (Å²) in [5.74, 6) is 1.54. The highest BCUT2D eigenvalue weighted by Crippen LogP contribution is 2.26. The Balaban J connectivity index is 1.32. The molecule has 9 heteroatoms. The lowest BCUT2D eigenvalue weighted by Gasteiger charge is -2.23. The predicted molar refractivity (Wildman–Crippen MR) is 162 cm³/mol. The van der Waals surface area contributed by atoms with Crippen molar-refractivity contribution in [1.29, 1.82) is 0 Å². The summed E-state index contributed by atoms with van der Waals surface area (Å²) in [4.78, 5) is 4.35. The number of aliphatic imine (C=N–C) groups is 1. The zero-order chi connectivity index (χ0) is 28.4. The molecule has 0 amide bonds. The van der Waals surface area contributed by atoms with Gasteiger partial charge in [0.1, 0.15) is 22.6 Å². The number of anilines is 1. The first kappa shape index (κ1) is 26.1. The highest BCUT2D eigenvalue weighted by Gasteiger charge is 2.21. The van der Waals surface area contributed by atoms with Crippen molar-refractivity contribution in [3.05, 3.63) is 127 Å². The first-order valence-electron chi connectivity index (χ1n) is 12.7. The van der Waals surface area contributed by atoms with Gasteiger partial charge in [-0.25, -0.2) is 4.99 Å². The predicted octanol–water partition coefficient (Wildman–Crippen LogP) is 6.58. The minimum atomic E-state index is -4.47. The standard InChI is InChI=1S/C32H25N3O5S/c1-2-21-11-14-26(19-29(21)41(36,37)38)33-30-20-31(39-27-15-12-22-7-3-5-9-24(22)17-27)35-32(34-30)40-28-16-13-23-8-4-6-10-25(23)18-28/h2-20,30,33H,1H2,(H,34,35)(H,36,37,38). The van der Waals surface area contributed by atoms with Crippen LogP contribution < -0.4 is 20.1 Å². The molecule has 204 valence electrons. The Labute approximate surface area is 237 Å². The Bertz CT molecular complexity index is 1870. The normalized spacial score (nSPS) is 15.0. The summed E-state index contributed by atoms with van der Waals surface area (Å²) in [7, 11) is -4.47. The van der Waals surface area contributed by atoms with E-state index >= 15 is 0 Å². The van der Waals surface area contributed by atoms with Crippen LogP contribution in [0.2, 0.25) is 0 Å². The SMILES string of the molecule is C=Cc1ccc(NC2C=C(Oc3ccc4ccccc4c3)NC(Oc3ccc4ccccc4c3)=N2)cc1S(=O)(=O)O. The number of nitrogens with one attached hydrogen (secondary N) is 2. The minimum absolute atomic E-state index is 0.175. The van der Waals surface area contributed by atoms with Gasteiger partial charge in [0.15, 0.2) is 0 Å². The third-order valence-corrected chi connectivity index (χ3v) is 7.42. The molecule has 0 saturated carbocycles. The summed E-state index contributed by atoms with van der Waals surface area (Å²) >= 11 is 0. The molecule has 41 heavy (non-hydrogen) atoms. The van der Waals surface area contributed by atoms with E-state index in [2.05, 4.69) is 22.2 Å². The van der Waals surface area contributed by atoms with Crippen LogP contribution >= 0.6 is 0 Å². The summed E-state index contributed by atoms with van der Waals surface area (Å²) in [5, 5.41) is 10.5. The zero-order valence-electron chi connectivity index (χ0n) is 21.7. The van der Waals surface area contributed by atoms with E-state index in [-0.39, 0.29) is 16.5 Å². The van der Waals surface area contributed by atoms with Gasteiger partial charge < -0.3 is 14.8 Å². The highest BCUT2D eigenvalue weighted by atomic mass is 32.2. The number of hydrogen-bond acceptors (Lipinski definition) is 7. The van der Waals surface area contributed by atoms with E-state index in [1.807, 2.05) is 84.9 Å². The number of fused-ring (bicyclic) bond motifs is 2. The van der Waals surface area contributed by atoms with Crippen molar-refractivity contribution in [2.75, 3.05) is 5.32 Å². The summed E-state index contributed by atoms with van der Waals surface area (Å²) in [6.07, 6.45) is 2.36. The molecule has 5 aromatic rings. The molecule has 8 nitrogen and oxygen atoms in total. The minimum Gasteiger partial charge on any atom is -0.441 e. The smallest absolute Gasteiger partial charge is 0.299 e. The Morgan fingerprint density at radius 2 is 1.41 bits per heavy atom. The first-order chi connectivity index (χ1) is 19.8. The molecule has 1 aliphatic heterocycles. The summed E-state index contributed by atoms with van der Waals surface area (Å²) < 4.78 is 45.9. The van der Waals surface area contributed by atoms with Crippen molar-refractivity contribution < 1.29 is 22.4 Å². The van der Waals surface area contributed by atoms with Gasteiger partial charge in [-0.1, -0.05) is 79.4 Å². The van der Waals surface area contributed by atoms with Crippen LogP contribution in [0, 0.1) is 0 Å². The second kappa shape index (κ2) is 10.8. The molecule has 3 N–H and O–H groups in total. The quantitative estimate of drug-likeness (QED) is 0.192. The Morgan fingerprint density at radius 3 is 2.02 bits per heavy atom. The molecule has 0 fully saturated rings. The number of benzene rings is 5. The molecule has 0 aliphatic carbocycles. The Morgan fingerprint density at radius 1 is 0.805 bits per heavy atom. The largest absolute Gasteiger partial charge is 0.441 e. The number of rotatable bonds is 7. The second-order valence-electron chi connectivity index (χ2n) is 9.33. The van der Waals surface area contributed by atoms with E-state index in [9.17, 15) is 13.0 Å². The average Bonchev–Trinajstić information content (AvgIpc) is 2.96. The molecule has 1 heterocycles. The molecule has 1 aliphatic rings. The second-order valence-corrected chi connectivity index (χ2v) is 10.7. The molecule has 0 radical (unpaired) electrons. The van der Waals surface area contributed by atoms with Gasteiger partial charge in [-0.05, 0) is 63.5 Å². The molecule has 5 aromatic carbocycles. The number of amidine groups is 1. The van der Waals surface area contributed by atoms with Crippen LogP contribution in [0.1, 0.15) is 5.56 Å². The molecule has 6 rings (SSSR count). The molecule has 0 spiro atoms. The monoisotopic (exact) mass is 563 g/mol. The van der Waals surface area contributed by atoms with Crippen molar-refractivity contribution in [3.63, 3.8) is 0 Å². The van der Waals surface area contributed by atoms with Crippen molar-refractivity contribution >= 4 is 49.4 Å². The number of nitrogens with zero attached hydrogens (tertiary/aromatic N) is 1. The lowest BCUT2D eigenvalue weighted by molar-refractivity contribution is 0.379. The van der Waals surface area contributed by atoms with Crippen LogP contribution in [-0.4, -0.2) is 25.2 Å². The molecule has 0 aromatic heterocycles. The lowest BCUT2D eigenvalue weighted by atomic mass is 10.1. The lowest BCUT2D eigenvalue weighted by Crippen LogP contribution is -2.37. The van der Waals surface area contributed by atoms with Crippen molar-refractivity contribution in [2.45, 2.75) is 11.1 Å². The van der Waals surface area contributed by atoms with E-state index < -0.39 is 16.3 Å². The Hall–Kier alpha value is -5.12. The Kier molecular flexibility index (Phi) is 6.88. The summed E-state index contributed by atoms with van der Waals surface area (Å²) in [5.41, 5.74) is 0.688. The van der Waals surface area contributed by atoms with Gasteiger partial charge in [-0.15, -0.1) is 0 Å². The molecular formula is C32H25N3O5S. The maximum atomic E-state index is 11.9. The maximum absolute atomic E-state index is 11.9. The number of hydrogen-bond donors (Lipinski definition) is 3. The van der Waals surface area contributed by atoms with Crippen molar-refractivity contribution in [2.24, 2.45) is 4.99 Å². The fourth-order valence-corrected chi connectivity index (χ4v) is 5.28. The fourth-order valence-electron chi connectivity index (χ4n) is 4.56. The zero-order valence-corrected chi connectivity index (χ0v) is 22.5. The van der Waals surface area contributed by atoms with Crippen LogP contribution in [0.4, 0.5) is 5.69 Å². The van der Waals surface area contributed by atoms with E-state index in [1.165, 1.54) is 12.1 Å². The van der Waals surface area contributed by atoms with Crippen molar-refractivity contribution in [1.82, 2.24) is 5.32 Å². The number of ether oxygens (including phenoxy) is 2. The molecule has 0 bridgehead atoms. The van der Waals surface area contributed by atoms with Crippen LogP contribution in [0.3, 0.4) is 0 Å². The maximum Gasteiger partial charge on any atom is 0.299 e. The first-order valence-corrected chi connectivity index (χ1v) is 14.2. The molecular weight excluding hydrogens is 538 g/mol. The van der Waals surface area contributed by atoms with Gasteiger partial charge in [0, 0.05) is 11.8 Å². The van der Waals surface area contributed by atoms with Gasteiger partial charge in [0.05, 0.1) is 0 Å². The van der Waals surface area contributed by atoms with Gasteiger partial charge in [-0.2, -0.15) is 8.42 Å². The van der Waals surface area contributed by atoms with Crippen molar-refractivity contribution in [3.8, 4) is 11.5 Å². The van der Waals surface area contributed by atoms with Gasteiger partial charge in [0.2, 0.25) is 5.88 Å². The van der Waals surface area contributed by atoms with E-state index in [0.29, 0.717) is 23.1 Å². The van der Waals surface area contributed by atoms with Crippen LogP contribution in [0.15, 0.2) is 132 Å². The third-order valence-electron chi connectivity index (χ3n) is 6.51. The average molecular weight is 564 g/mol. The third kappa shape index (κ3) is 5.91. The van der Waals surface area contributed by atoms with Crippen LogP contribution in [0.25, 0.3) is 27.6 Å². The molecule has 1 atom stereocenters. The summed E-state index contributed by atoms with van der Waals surface area (Å²) in [6.45, 7) is 3.62. The van der Waals surface area contributed by atoms with E-state index in [1.54, 1.807) is 18.2 Å². The van der Waals surface area contributed by atoms with E-state index in [4.69, 9.17) is 9.47 Å². The summed E-state index contributed by atoms with van der Waals surface area (Å²) in [6, 6.07) is 32.1. The van der Waals surface area contributed by atoms with Crippen LogP contribution in [0.5, 0.6) is 11.5 Å². The van der Waals surface area contributed by atoms with E-state index in [0.717, 1.165) is 21.5 Å². The molecule has 1 unspecified atom stereocenters. The van der Waals surface area contributed by atoms with Crippen LogP contribution in [-0.2, 0) is 10.1 Å². The highest BCUT2D eigenvalue weighted by molar-refractivity contribution is 7.86. The van der Waals surface area contributed by atoms with Gasteiger partial charge >= 0.3 is 0 Å². The van der Waals surface area contributed by atoms with Gasteiger partial charge in [0.25, 0.3) is 16.1 Å². The van der Waals surface area contributed by atoms with Gasteiger partial charge in [-0.3, -0.25) is 9.87 Å². The molecule has 0 saturated heterocycles. The topological polar surface area (TPSA) is 109 Å².